The highest BCUT2D eigenvalue weighted by atomic mass is 16.5. The summed E-state index contributed by atoms with van der Waals surface area (Å²) in [5.41, 5.74) is -0.0272. The first-order chi connectivity index (χ1) is 8.59. The number of carbonyl (C=O) groups excluding carboxylic acids is 1. The first kappa shape index (κ1) is 14.4. The molecular weight excluding hydrogens is 234 g/mol. The minimum atomic E-state index is -0.302. The molecule has 1 aromatic rings. The molecule has 6 heteroatoms. The fourth-order valence-electron chi connectivity index (χ4n) is 1.26. The van der Waals surface area contributed by atoms with Gasteiger partial charge in [-0.1, -0.05) is 6.07 Å². The van der Waals surface area contributed by atoms with E-state index in [9.17, 15) is 9.59 Å². The number of aromatic amines is 1. The molecule has 100 valence electrons. The molecule has 1 aromatic heterocycles. The number of carbonyl (C=O) groups is 1. The van der Waals surface area contributed by atoms with Gasteiger partial charge in [-0.05, 0) is 20.2 Å². The van der Waals surface area contributed by atoms with Crippen molar-refractivity contribution >= 4 is 5.91 Å². The third-order valence-corrected chi connectivity index (χ3v) is 2.23. The molecule has 6 nitrogen and oxygen atoms in total. The number of likely N-dealkylation sites (N-methyl/N-ethyl adjacent to an activating group) is 1. The minimum absolute atomic E-state index is 0.260. The molecule has 1 amide bonds. The lowest BCUT2D eigenvalue weighted by Gasteiger charge is -2.10. The lowest BCUT2D eigenvalue weighted by Crippen LogP contribution is -2.30. The van der Waals surface area contributed by atoms with Crippen LogP contribution < -0.4 is 10.9 Å². The predicted molar refractivity (Wildman–Crippen MR) is 68.8 cm³/mol. The van der Waals surface area contributed by atoms with E-state index in [1.807, 2.05) is 19.0 Å². The second-order valence-electron chi connectivity index (χ2n) is 4.10. The van der Waals surface area contributed by atoms with E-state index in [1.54, 1.807) is 12.1 Å². The number of nitrogens with zero attached hydrogens (tertiary/aromatic N) is 1. The summed E-state index contributed by atoms with van der Waals surface area (Å²) in [4.78, 5) is 27.1. The van der Waals surface area contributed by atoms with E-state index in [4.69, 9.17) is 4.74 Å². The molecule has 2 N–H and O–H groups in total. The third-order valence-electron chi connectivity index (χ3n) is 2.23. The van der Waals surface area contributed by atoms with Crippen LogP contribution >= 0.6 is 0 Å². The van der Waals surface area contributed by atoms with E-state index in [-0.39, 0.29) is 17.2 Å². The average Bonchev–Trinajstić information content (AvgIpc) is 2.33. The summed E-state index contributed by atoms with van der Waals surface area (Å²) in [6.45, 7) is 2.35. The lowest BCUT2D eigenvalue weighted by atomic mass is 10.3. The van der Waals surface area contributed by atoms with Crippen LogP contribution in [0.5, 0.6) is 0 Å². The Balaban J connectivity index is 2.20. The summed E-state index contributed by atoms with van der Waals surface area (Å²) < 4.78 is 5.33. The summed E-state index contributed by atoms with van der Waals surface area (Å²) in [7, 11) is 3.94. The maximum Gasteiger partial charge on any atom is 0.267 e. The Morgan fingerprint density at radius 3 is 2.83 bits per heavy atom. The standard InChI is InChI=1S/C12H19N3O3/c1-15(2)7-9-18-8-6-13-12(17)10-4-3-5-11(16)14-10/h3-5H,6-9H2,1-2H3,(H,13,17)(H,14,16). The van der Waals surface area contributed by atoms with Crippen molar-refractivity contribution in [2.24, 2.45) is 0 Å². The number of ether oxygens (including phenoxy) is 1. The molecular formula is C12H19N3O3. The molecule has 1 heterocycles. The fourth-order valence-corrected chi connectivity index (χ4v) is 1.26. The molecule has 1 rings (SSSR count). The van der Waals surface area contributed by atoms with Crippen LogP contribution in [0.4, 0.5) is 0 Å². The highest BCUT2D eigenvalue weighted by Crippen LogP contribution is 1.89. The third kappa shape index (κ3) is 5.60. The van der Waals surface area contributed by atoms with Crippen LogP contribution in [-0.2, 0) is 4.74 Å². The number of nitrogens with one attached hydrogen (secondary N) is 2. The molecule has 18 heavy (non-hydrogen) atoms. The van der Waals surface area contributed by atoms with Crippen LogP contribution in [-0.4, -0.2) is 56.2 Å². The molecule has 0 saturated carbocycles. The molecule has 0 spiro atoms. The second kappa shape index (κ2) is 7.62. The van der Waals surface area contributed by atoms with Gasteiger partial charge < -0.3 is 19.9 Å². The van der Waals surface area contributed by atoms with E-state index in [2.05, 4.69) is 10.3 Å². The predicted octanol–water partition coefficient (Wildman–Crippen LogP) is -0.317. The van der Waals surface area contributed by atoms with Gasteiger partial charge in [0.2, 0.25) is 5.56 Å². The zero-order chi connectivity index (χ0) is 13.4. The summed E-state index contributed by atoms with van der Waals surface area (Å²) in [6, 6.07) is 4.46. The average molecular weight is 253 g/mol. The van der Waals surface area contributed by atoms with E-state index in [1.165, 1.54) is 6.07 Å². The maximum atomic E-state index is 11.6. The summed E-state index contributed by atoms with van der Waals surface area (Å²) in [5.74, 6) is -0.302. The van der Waals surface area contributed by atoms with Crippen molar-refractivity contribution in [2.75, 3.05) is 40.4 Å². The number of hydrogen-bond acceptors (Lipinski definition) is 4. The van der Waals surface area contributed by atoms with Gasteiger partial charge in [0.25, 0.3) is 5.91 Å². The van der Waals surface area contributed by atoms with Crippen molar-refractivity contribution in [1.29, 1.82) is 0 Å². The number of amides is 1. The molecule has 0 aliphatic rings. The van der Waals surface area contributed by atoms with Crippen molar-refractivity contribution in [2.45, 2.75) is 0 Å². The molecule has 0 saturated heterocycles. The monoisotopic (exact) mass is 253 g/mol. The van der Waals surface area contributed by atoms with Crippen molar-refractivity contribution in [1.82, 2.24) is 15.2 Å². The van der Waals surface area contributed by atoms with E-state index in [0.717, 1.165) is 6.54 Å². The van der Waals surface area contributed by atoms with Gasteiger partial charge in [0.15, 0.2) is 0 Å². The maximum absolute atomic E-state index is 11.6. The smallest absolute Gasteiger partial charge is 0.267 e. The molecule has 0 atom stereocenters. The van der Waals surface area contributed by atoms with Gasteiger partial charge in [-0.2, -0.15) is 0 Å². The Hall–Kier alpha value is -1.66. The van der Waals surface area contributed by atoms with Crippen molar-refractivity contribution < 1.29 is 9.53 Å². The molecule has 0 aliphatic carbocycles. The van der Waals surface area contributed by atoms with Gasteiger partial charge in [0, 0.05) is 19.2 Å². The molecule has 0 radical (unpaired) electrons. The Labute approximate surface area is 106 Å². The quantitative estimate of drug-likeness (QED) is 0.653. The zero-order valence-electron chi connectivity index (χ0n) is 10.7. The molecule has 0 aromatic carbocycles. The lowest BCUT2D eigenvalue weighted by molar-refractivity contribution is 0.0895. The number of hydrogen-bond donors (Lipinski definition) is 2. The van der Waals surface area contributed by atoms with Gasteiger partial charge in [-0.3, -0.25) is 9.59 Å². The van der Waals surface area contributed by atoms with Gasteiger partial charge >= 0.3 is 0 Å². The molecule has 0 bridgehead atoms. The van der Waals surface area contributed by atoms with Gasteiger partial charge in [0.1, 0.15) is 5.69 Å². The summed E-state index contributed by atoms with van der Waals surface area (Å²) >= 11 is 0. The van der Waals surface area contributed by atoms with Crippen LogP contribution in [0.15, 0.2) is 23.0 Å². The highest BCUT2D eigenvalue weighted by Gasteiger charge is 2.04. The summed E-state index contributed by atoms with van der Waals surface area (Å²) in [6.07, 6.45) is 0. The normalized spacial score (nSPS) is 10.6. The Bertz CT molecular complexity index is 429. The molecule has 0 aliphatic heterocycles. The fraction of sp³-hybridized carbons (Fsp3) is 0.500. The van der Waals surface area contributed by atoms with Crippen LogP contribution in [0.1, 0.15) is 10.5 Å². The van der Waals surface area contributed by atoms with Crippen molar-refractivity contribution in [3.05, 3.63) is 34.2 Å². The van der Waals surface area contributed by atoms with Gasteiger partial charge in [-0.25, -0.2) is 0 Å². The number of aromatic nitrogens is 1. The number of rotatable bonds is 7. The van der Waals surface area contributed by atoms with E-state index in [0.29, 0.717) is 19.8 Å². The van der Waals surface area contributed by atoms with Crippen LogP contribution in [0.2, 0.25) is 0 Å². The van der Waals surface area contributed by atoms with Crippen molar-refractivity contribution in [3.63, 3.8) is 0 Å². The van der Waals surface area contributed by atoms with E-state index >= 15 is 0 Å². The second-order valence-corrected chi connectivity index (χ2v) is 4.10. The summed E-state index contributed by atoms with van der Waals surface area (Å²) in [5, 5.41) is 2.67. The Morgan fingerprint density at radius 1 is 1.39 bits per heavy atom. The topological polar surface area (TPSA) is 74.4 Å². The minimum Gasteiger partial charge on any atom is -0.378 e. The first-order valence-corrected chi connectivity index (χ1v) is 5.79. The highest BCUT2D eigenvalue weighted by molar-refractivity contribution is 5.92. The zero-order valence-corrected chi connectivity index (χ0v) is 10.7. The number of pyridine rings is 1. The molecule has 0 unspecified atom stereocenters. The van der Waals surface area contributed by atoms with Gasteiger partial charge in [-0.15, -0.1) is 0 Å². The van der Waals surface area contributed by atoms with Crippen LogP contribution in [0.3, 0.4) is 0 Å². The largest absolute Gasteiger partial charge is 0.378 e. The van der Waals surface area contributed by atoms with Crippen molar-refractivity contribution in [3.8, 4) is 0 Å². The first-order valence-electron chi connectivity index (χ1n) is 5.79. The van der Waals surface area contributed by atoms with Gasteiger partial charge in [0.05, 0.1) is 13.2 Å². The van der Waals surface area contributed by atoms with Crippen LogP contribution in [0.25, 0.3) is 0 Å². The van der Waals surface area contributed by atoms with E-state index < -0.39 is 0 Å². The molecule has 0 fully saturated rings. The number of H-pyrrole nitrogens is 1. The van der Waals surface area contributed by atoms with Crippen LogP contribution in [0, 0.1) is 0 Å². The SMILES string of the molecule is CN(C)CCOCCNC(=O)c1cccc(=O)[nH]1. The Morgan fingerprint density at radius 2 is 2.17 bits per heavy atom. The Kier molecular flexibility index (Phi) is 6.10.